The molecule has 0 aliphatic carbocycles. The molecule has 370 valence electrons. The van der Waals surface area contributed by atoms with E-state index in [0.29, 0.717) is 0 Å². The quantitative estimate of drug-likeness (QED) is 0.0879. The predicted octanol–water partition coefficient (Wildman–Crippen LogP) is 11.9. The van der Waals surface area contributed by atoms with Gasteiger partial charge in [-0.1, -0.05) is 194 Å². The first-order valence-corrected chi connectivity index (χ1v) is 32.4. The summed E-state index contributed by atoms with van der Waals surface area (Å²) in [6.07, 6.45) is 9.52. The van der Waals surface area contributed by atoms with Crippen LogP contribution in [0, 0.1) is 21.6 Å². The van der Waals surface area contributed by atoms with Crippen molar-refractivity contribution in [1.82, 2.24) is 19.6 Å². The molecule has 2 saturated heterocycles. The maximum absolute atomic E-state index is 6.00. The second kappa shape index (κ2) is 32.1. The average molecular weight is 1080 g/mol. The minimum atomic E-state index is -0.755. The minimum absolute atomic E-state index is 0. The van der Waals surface area contributed by atoms with Crippen LogP contribution in [0.15, 0.2) is 243 Å². The Kier molecular flexibility index (Phi) is 25.1. The third-order valence-corrected chi connectivity index (χ3v) is 24.3. The van der Waals surface area contributed by atoms with E-state index in [1.165, 1.54) is 72.5 Å². The van der Waals surface area contributed by atoms with Crippen molar-refractivity contribution in [3.05, 3.63) is 265 Å². The third kappa shape index (κ3) is 18.5. The van der Waals surface area contributed by atoms with Crippen LogP contribution in [0.25, 0.3) is 0 Å². The van der Waals surface area contributed by atoms with Gasteiger partial charge in [-0.05, 0) is 70.8 Å². The van der Waals surface area contributed by atoms with Crippen LogP contribution in [-0.4, -0.2) is 69.9 Å². The van der Waals surface area contributed by atoms with Gasteiger partial charge in [-0.15, -0.1) is 0 Å². The molecular weight excluding hydrogens is 1010 g/mol. The van der Waals surface area contributed by atoms with Gasteiger partial charge in [-0.3, -0.25) is 0 Å². The van der Waals surface area contributed by atoms with E-state index in [1.807, 2.05) is 0 Å². The van der Waals surface area contributed by atoms with Gasteiger partial charge < -0.3 is 0 Å². The van der Waals surface area contributed by atoms with Gasteiger partial charge in [0.25, 0.3) is 0 Å². The van der Waals surface area contributed by atoms with E-state index in [4.69, 9.17) is 21.6 Å². The fourth-order valence-electron chi connectivity index (χ4n) is 9.82. The molecule has 0 saturated carbocycles. The second-order valence-electron chi connectivity index (χ2n) is 18.4. The molecular formula is C60H68CrN8P4+4. The van der Waals surface area contributed by atoms with Crippen LogP contribution >= 0.6 is 31.7 Å². The van der Waals surface area contributed by atoms with E-state index in [9.17, 15) is 0 Å². The Hall–Kier alpha value is -5.31. The molecule has 2 heterocycles. The van der Waals surface area contributed by atoms with Crippen LogP contribution in [0.2, 0.25) is 0 Å². The van der Waals surface area contributed by atoms with E-state index in [-0.39, 0.29) is 17.4 Å². The molecule has 13 heteroatoms. The fourth-order valence-corrected chi connectivity index (χ4v) is 21.3. The molecule has 0 aromatic heterocycles. The van der Waals surface area contributed by atoms with Crippen molar-refractivity contribution in [2.45, 2.75) is 26.2 Å². The Morgan fingerprint density at radius 2 is 0.370 bits per heavy atom. The van der Waals surface area contributed by atoms with Crippen LogP contribution in [0.4, 0.5) is 0 Å². The molecule has 2 fully saturated rings. The van der Waals surface area contributed by atoms with Gasteiger partial charge in [-0.2, -0.15) is 0 Å². The Morgan fingerprint density at radius 3 is 0.521 bits per heavy atom. The molecule has 8 nitrogen and oxygen atoms in total. The van der Waals surface area contributed by atoms with Crippen molar-refractivity contribution in [3.63, 3.8) is 0 Å². The summed E-state index contributed by atoms with van der Waals surface area (Å²) in [6.45, 7) is 4.17. The van der Waals surface area contributed by atoms with Crippen molar-refractivity contribution in [2.24, 2.45) is 0 Å². The molecule has 0 atom stereocenters. The summed E-state index contributed by atoms with van der Waals surface area (Å²) >= 11 is 0. The largest absolute Gasteiger partial charge is 0.234 e. The van der Waals surface area contributed by atoms with E-state index >= 15 is 0 Å². The van der Waals surface area contributed by atoms with Gasteiger partial charge in [-0.25, -0.2) is 19.6 Å². The summed E-state index contributed by atoms with van der Waals surface area (Å²) in [5.41, 5.74) is 5.70. The zero-order chi connectivity index (χ0) is 50.0. The fraction of sp³-hybridized carbons (Fsp3) is 0.200. The van der Waals surface area contributed by atoms with E-state index < -0.39 is 31.7 Å². The second-order valence-corrected chi connectivity index (χ2v) is 28.1. The van der Waals surface area contributed by atoms with Gasteiger partial charge >= 0.3 is 0 Å². The van der Waals surface area contributed by atoms with Gasteiger partial charge in [0.05, 0.1) is 52.9 Å². The summed E-state index contributed by atoms with van der Waals surface area (Å²) in [5, 5.41) is 30.2. The normalized spacial score (nSPS) is 18.6. The Bertz CT molecular complexity index is 2340. The Morgan fingerprint density at radius 1 is 0.233 bits per heavy atom. The number of hydrogen-bond donors (Lipinski definition) is 0. The molecule has 73 heavy (non-hydrogen) atoms. The molecule has 2 aliphatic rings. The van der Waals surface area contributed by atoms with Crippen molar-refractivity contribution < 1.29 is 17.4 Å². The molecule has 2 aliphatic heterocycles. The first-order chi connectivity index (χ1) is 35.7. The molecule has 10 rings (SSSR count). The molecule has 8 aromatic rings. The van der Waals surface area contributed by atoms with E-state index in [2.05, 4.69) is 262 Å². The zero-order valence-electron chi connectivity index (χ0n) is 41.6. The molecule has 0 N–H and O–H groups in total. The monoisotopic (exact) mass is 1080 g/mol. The van der Waals surface area contributed by atoms with Crippen LogP contribution in [0.3, 0.4) is 0 Å². The molecule has 0 spiro atoms. The number of nitrogens with zero attached hydrogens (tertiary/aromatic N) is 8. The van der Waals surface area contributed by atoms with Crippen molar-refractivity contribution in [2.75, 3.05) is 50.3 Å². The first-order valence-electron chi connectivity index (χ1n) is 24.7. The standard InChI is InChI=1S/2C30H32N2P2.Cr.2N2/c2*1-5-13-27(14-6-1)21-31-23-33(29-17-9-3-10-18-29)25-32(22-28-15-7-2-8-16-28)26-34(24-31)30-19-11-4-12-20-30;;2*1-2/h2*1-20H,21-26H2;;;/p+4. The number of benzene rings is 8. The molecule has 0 unspecified atom stereocenters. The summed E-state index contributed by atoms with van der Waals surface area (Å²) in [7, 11) is -3.02. The van der Waals surface area contributed by atoms with E-state index in [0.717, 1.165) is 26.2 Å². The third-order valence-electron chi connectivity index (χ3n) is 13.0. The summed E-state index contributed by atoms with van der Waals surface area (Å²) < 4.78 is 0. The summed E-state index contributed by atoms with van der Waals surface area (Å²) in [5.74, 6) is 0. The van der Waals surface area contributed by atoms with Crippen LogP contribution in [-0.2, 0) is 43.5 Å². The average Bonchev–Trinajstić information content (AvgIpc) is 3.44. The number of rotatable bonds is 12. The first kappa shape index (κ1) is 57.0. The van der Waals surface area contributed by atoms with Gasteiger partial charge in [0, 0.05) is 65.1 Å². The van der Waals surface area contributed by atoms with Crippen molar-refractivity contribution >= 4 is 52.9 Å². The Labute approximate surface area is 450 Å². The SMILES string of the molecule is N#N.N#N.[Cr].c1ccc(CN2C[PH+](c3ccccc3)CN(Cc3ccccc3)C[PH+](c3ccccc3)C2)cc1.c1ccc(CN2C[PH+](c3ccccc3)CN(Cc3ccccc3)C[PH+](c3ccccc3)C2)cc1. The zero-order valence-corrected chi connectivity index (χ0v) is 46.8. The smallest absolute Gasteiger partial charge is 0.118 e. The topological polar surface area (TPSA) is 108 Å². The molecule has 0 radical (unpaired) electrons. The molecule has 0 bridgehead atoms. The van der Waals surface area contributed by atoms with Crippen LogP contribution < -0.4 is 21.2 Å². The summed E-state index contributed by atoms with van der Waals surface area (Å²) in [6, 6.07) is 89.3. The minimum Gasteiger partial charge on any atom is -0.234 e. The number of hydrogen-bond acceptors (Lipinski definition) is 8. The van der Waals surface area contributed by atoms with Gasteiger partial charge in [0.1, 0.15) is 50.3 Å². The molecule has 0 amide bonds. The van der Waals surface area contributed by atoms with Crippen molar-refractivity contribution in [1.29, 1.82) is 21.6 Å². The summed E-state index contributed by atoms with van der Waals surface area (Å²) in [4.78, 5) is 11.1. The van der Waals surface area contributed by atoms with Crippen molar-refractivity contribution in [3.8, 4) is 0 Å². The predicted molar refractivity (Wildman–Crippen MR) is 311 cm³/mol. The van der Waals surface area contributed by atoms with Crippen LogP contribution in [0.5, 0.6) is 0 Å². The van der Waals surface area contributed by atoms with Gasteiger partial charge in [0.2, 0.25) is 0 Å². The van der Waals surface area contributed by atoms with Gasteiger partial charge in [0.15, 0.2) is 0 Å². The Balaban J connectivity index is 0.000000220. The maximum atomic E-state index is 6.00. The maximum Gasteiger partial charge on any atom is 0.118 e. The van der Waals surface area contributed by atoms with Crippen LogP contribution in [0.1, 0.15) is 22.3 Å². The van der Waals surface area contributed by atoms with E-state index in [1.54, 1.807) is 21.2 Å². The molecule has 8 aromatic carbocycles.